The van der Waals surface area contributed by atoms with Crippen LogP contribution >= 0.6 is 0 Å². The van der Waals surface area contributed by atoms with E-state index in [1.165, 1.54) is 5.56 Å². The molecule has 0 aliphatic heterocycles. The van der Waals surface area contributed by atoms with Gasteiger partial charge in [0.1, 0.15) is 18.1 Å². The Bertz CT molecular complexity index is 965. The number of carbonyl (C=O) groups is 1. The SMILES string of the molecule is C=C(C)COc1ccccc1C(=O)Nc1ccc(OCCCc2ccccc2)cc1. The van der Waals surface area contributed by atoms with Gasteiger partial charge in [0.05, 0.1) is 12.2 Å². The van der Waals surface area contributed by atoms with Crippen molar-refractivity contribution in [2.45, 2.75) is 19.8 Å². The lowest BCUT2D eigenvalue weighted by molar-refractivity contribution is 0.102. The quantitative estimate of drug-likeness (QED) is 0.340. The topological polar surface area (TPSA) is 47.6 Å². The molecule has 154 valence electrons. The fourth-order valence-corrected chi connectivity index (χ4v) is 2.92. The van der Waals surface area contributed by atoms with E-state index in [4.69, 9.17) is 9.47 Å². The average Bonchev–Trinajstić information content (AvgIpc) is 2.77. The molecule has 0 spiro atoms. The van der Waals surface area contributed by atoms with Crippen molar-refractivity contribution < 1.29 is 14.3 Å². The molecule has 0 aliphatic carbocycles. The predicted molar refractivity (Wildman–Crippen MR) is 121 cm³/mol. The maximum absolute atomic E-state index is 12.7. The van der Waals surface area contributed by atoms with Gasteiger partial charge in [-0.25, -0.2) is 0 Å². The Kier molecular flexibility index (Phi) is 7.67. The second kappa shape index (κ2) is 10.9. The fourth-order valence-electron chi connectivity index (χ4n) is 2.92. The van der Waals surface area contributed by atoms with Gasteiger partial charge in [0, 0.05) is 5.69 Å². The van der Waals surface area contributed by atoms with Crippen LogP contribution in [0, 0.1) is 0 Å². The summed E-state index contributed by atoms with van der Waals surface area (Å²) in [6, 6.07) is 24.9. The fraction of sp³-hybridized carbons (Fsp3) is 0.192. The standard InChI is InChI=1S/C26H27NO3/c1-20(2)19-30-25-13-7-6-12-24(25)26(28)27-22-14-16-23(17-15-22)29-18-8-11-21-9-4-3-5-10-21/h3-7,9-10,12-17H,1,8,11,18-19H2,2H3,(H,27,28). The minimum Gasteiger partial charge on any atom is -0.494 e. The van der Waals surface area contributed by atoms with Crippen LogP contribution in [0.3, 0.4) is 0 Å². The van der Waals surface area contributed by atoms with Gasteiger partial charge >= 0.3 is 0 Å². The summed E-state index contributed by atoms with van der Waals surface area (Å²) in [5, 5.41) is 2.91. The molecule has 0 radical (unpaired) electrons. The summed E-state index contributed by atoms with van der Waals surface area (Å²) < 4.78 is 11.5. The van der Waals surface area contributed by atoms with Crippen LogP contribution in [0.5, 0.6) is 11.5 Å². The molecule has 1 N–H and O–H groups in total. The van der Waals surface area contributed by atoms with Gasteiger partial charge < -0.3 is 14.8 Å². The van der Waals surface area contributed by atoms with Crippen LogP contribution < -0.4 is 14.8 Å². The first-order valence-electron chi connectivity index (χ1n) is 10.1. The average molecular weight is 402 g/mol. The third-order valence-electron chi connectivity index (χ3n) is 4.44. The molecule has 3 rings (SSSR count). The van der Waals surface area contributed by atoms with Crippen molar-refractivity contribution in [1.29, 1.82) is 0 Å². The van der Waals surface area contributed by atoms with Crippen LogP contribution in [-0.2, 0) is 6.42 Å². The van der Waals surface area contributed by atoms with Crippen LogP contribution in [0.4, 0.5) is 5.69 Å². The Labute approximate surface area is 178 Å². The predicted octanol–water partition coefficient (Wildman–Crippen LogP) is 5.91. The number of amides is 1. The van der Waals surface area contributed by atoms with E-state index < -0.39 is 0 Å². The van der Waals surface area contributed by atoms with Gasteiger partial charge in [-0.1, -0.05) is 49.0 Å². The molecule has 0 fully saturated rings. The lowest BCUT2D eigenvalue weighted by Crippen LogP contribution is -2.14. The highest BCUT2D eigenvalue weighted by atomic mass is 16.5. The van der Waals surface area contributed by atoms with Crippen molar-refractivity contribution in [3.05, 3.63) is 102 Å². The lowest BCUT2D eigenvalue weighted by Gasteiger charge is -2.12. The second-order valence-corrected chi connectivity index (χ2v) is 7.16. The summed E-state index contributed by atoms with van der Waals surface area (Å²) in [5.74, 6) is 1.10. The molecule has 0 atom stereocenters. The van der Waals surface area contributed by atoms with E-state index in [9.17, 15) is 4.79 Å². The van der Waals surface area contributed by atoms with Crippen molar-refractivity contribution in [3.8, 4) is 11.5 Å². The molecule has 0 bridgehead atoms. The molecule has 30 heavy (non-hydrogen) atoms. The van der Waals surface area contributed by atoms with E-state index in [1.807, 2.05) is 61.5 Å². The van der Waals surface area contributed by atoms with Gasteiger partial charge in [-0.05, 0) is 67.3 Å². The minimum absolute atomic E-state index is 0.219. The van der Waals surface area contributed by atoms with E-state index in [0.29, 0.717) is 30.2 Å². The highest BCUT2D eigenvalue weighted by Crippen LogP contribution is 2.21. The molecule has 4 heteroatoms. The zero-order valence-electron chi connectivity index (χ0n) is 17.3. The molecular weight excluding hydrogens is 374 g/mol. The number of benzene rings is 3. The normalized spacial score (nSPS) is 10.3. The Morgan fingerprint density at radius 1 is 0.900 bits per heavy atom. The lowest BCUT2D eigenvalue weighted by atomic mass is 10.1. The Morgan fingerprint density at radius 2 is 1.60 bits per heavy atom. The van der Waals surface area contributed by atoms with Crippen molar-refractivity contribution in [2.24, 2.45) is 0 Å². The van der Waals surface area contributed by atoms with Gasteiger partial charge in [0.2, 0.25) is 0 Å². The molecule has 0 aromatic heterocycles. The smallest absolute Gasteiger partial charge is 0.259 e. The van der Waals surface area contributed by atoms with Gasteiger partial charge in [0.25, 0.3) is 5.91 Å². The van der Waals surface area contributed by atoms with Crippen LogP contribution in [0.15, 0.2) is 91.0 Å². The van der Waals surface area contributed by atoms with Crippen molar-refractivity contribution in [3.63, 3.8) is 0 Å². The first-order chi connectivity index (χ1) is 14.6. The molecule has 0 heterocycles. The first kappa shape index (κ1) is 21.2. The van der Waals surface area contributed by atoms with Crippen LogP contribution in [-0.4, -0.2) is 19.1 Å². The first-order valence-corrected chi connectivity index (χ1v) is 10.1. The summed E-state index contributed by atoms with van der Waals surface area (Å²) >= 11 is 0. The van der Waals surface area contributed by atoms with E-state index in [1.54, 1.807) is 12.1 Å². The van der Waals surface area contributed by atoms with Crippen molar-refractivity contribution in [1.82, 2.24) is 0 Å². The molecule has 1 amide bonds. The highest BCUT2D eigenvalue weighted by molar-refractivity contribution is 6.06. The van der Waals surface area contributed by atoms with E-state index in [-0.39, 0.29) is 5.91 Å². The molecule has 3 aromatic carbocycles. The summed E-state index contributed by atoms with van der Waals surface area (Å²) in [5.41, 5.74) is 3.39. The molecular formula is C26H27NO3. The maximum atomic E-state index is 12.7. The van der Waals surface area contributed by atoms with Crippen LogP contribution in [0.2, 0.25) is 0 Å². The number of nitrogens with one attached hydrogen (secondary N) is 1. The summed E-state index contributed by atoms with van der Waals surface area (Å²) in [6.07, 6.45) is 1.94. The molecule has 4 nitrogen and oxygen atoms in total. The third kappa shape index (κ3) is 6.52. The monoisotopic (exact) mass is 401 g/mol. The molecule has 0 saturated heterocycles. The summed E-state index contributed by atoms with van der Waals surface area (Å²) in [4.78, 5) is 12.7. The number of para-hydroxylation sites is 1. The van der Waals surface area contributed by atoms with E-state index >= 15 is 0 Å². The number of ether oxygens (including phenoxy) is 2. The molecule has 0 saturated carbocycles. The number of hydrogen-bond donors (Lipinski definition) is 1. The maximum Gasteiger partial charge on any atom is 0.259 e. The van der Waals surface area contributed by atoms with Gasteiger partial charge in [0.15, 0.2) is 0 Å². The Hall–Kier alpha value is -3.53. The number of aryl methyl sites for hydroxylation is 1. The number of anilines is 1. The Balaban J connectivity index is 1.50. The number of rotatable bonds is 10. The zero-order valence-corrected chi connectivity index (χ0v) is 17.3. The summed E-state index contributed by atoms with van der Waals surface area (Å²) in [7, 11) is 0. The van der Waals surface area contributed by atoms with Crippen LogP contribution in [0.1, 0.15) is 29.3 Å². The zero-order chi connectivity index (χ0) is 21.2. The molecule has 0 aliphatic rings. The van der Waals surface area contributed by atoms with Gasteiger partial charge in [-0.2, -0.15) is 0 Å². The van der Waals surface area contributed by atoms with E-state index in [0.717, 1.165) is 24.2 Å². The van der Waals surface area contributed by atoms with Gasteiger partial charge in [-0.3, -0.25) is 4.79 Å². The number of hydrogen-bond acceptors (Lipinski definition) is 3. The minimum atomic E-state index is -0.219. The highest BCUT2D eigenvalue weighted by Gasteiger charge is 2.12. The third-order valence-corrected chi connectivity index (χ3v) is 4.44. The van der Waals surface area contributed by atoms with Crippen LogP contribution in [0.25, 0.3) is 0 Å². The Morgan fingerprint density at radius 3 is 2.33 bits per heavy atom. The van der Waals surface area contributed by atoms with Gasteiger partial charge in [-0.15, -0.1) is 0 Å². The molecule has 0 unspecified atom stereocenters. The molecule has 3 aromatic rings. The number of carbonyl (C=O) groups excluding carboxylic acids is 1. The van der Waals surface area contributed by atoms with E-state index in [2.05, 4.69) is 24.0 Å². The summed E-state index contributed by atoms with van der Waals surface area (Å²) in [6.45, 7) is 6.73. The van der Waals surface area contributed by atoms with Crippen molar-refractivity contribution >= 4 is 11.6 Å². The van der Waals surface area contributed by atoms with Crippen molar-refractivity contribution in [2.75, 3.05) is 18.5 Å². The largest absolute Gasteiger partial charge is 0.494 e. The second-order valence-electron chi connectivity index (χ2n) is 7.16.